The maximum Gasteiger partial charge on any atom is 0.407 e. The van der Waals surface area contributed by atoms with E-state index in [1.54, 1.807) is 6.07 Å². The second-order valence-corrected chi connectivity index (χ2v) is 9.22. The SMILES string of the molecule is O=C(O)N1CCC2(CC1)CC(Oc1coc(CN3CCc4ccccc4C3)cc1=O)C2. The van der Waals surface area contributed by atoms with Gasteiger partial charge in [-0.05, 0) is 48.6 Å². The third-order valence-electron chi connectivity index (χ3n) is 7.15. The summed E-state index contributed by atoms with van der Waals surface area (Å²) < 4.78 is 11.7. The van der Waals surface area contributed by atoms with Crippen LogP contribution in [0.4, 0.5) is 4.79 Å². The summed E-state index contributed by atoms with van der Waals surface area (Å²) in [5.74, 6) is 0.929. The maximum absolute atomic E-state index is 12.6. The minimum atomic E-state index is -0.839. The van der Waals surface area contributed by atoms with Gasteiger partial charge in [0, 0.05) is 32.2 Å². The van der Waals surface area contributed by atoms with Gasteiger partial charge in [0.15, 0.2) is 0 Å². The predicted molar refractivity (Wildman–Crippen MR) is 114 cm³/mol. The normalized spacial score (nSPS) is 20.8. The average molecular weight is 424 g/mol. The smallest absolute Gasteiger partial charge is 0.407 e. The molecule has 5 rings (SSSR count). The number of benzene rings is 1. The van der Waals surface area contributed by atoms with Gasteiger partial charge in [0.1, 0.15) is 18.1 Å². The largest absolute Gasteiger partial charge is 0.483 e. The Kier molecular flexibility index (Phi) is 5.22. The van der Waals surface area contributed by atoms with Gasteiger partial charge in [-0.3, -0.25) is 9.69 Å². The number of amides is 1. The number of likely N-dealkylation sites (tertiary alicyclic amines) is 1. The number of hydrogen-bond donors (Lipinski definition) is 1. The first-order valence-corrected chi connectivity index (χ1v) is 11.1. The molecule has 1 saturated heterocycles. The fourth-order valence-corrected chi connectivity index (χ4v) is 5.27. The molecule has 0 radical (unpaired) electrons. The van der Waals surface area contributed by atoms with E-state index >= 15 is 0 Å². The quantitative estimate of drug-likeness (QED) is 0.809. The summed E-state index contributed by atoms with van der Waals surface area (Å²) >= 11 is 0. The molecule has 1 aromatic carbocycles. The summed E-state index contributed by atoms with van der Waals surface area (Å²) in [6.07, 6.45) is 5.10. The summed E-state index contributed by atoms with van der Waals surface area (Å²) in [6, 6.07) is 10.0. The number of ether oxygens (including phenoxy) is 1. The number of nitrogens with zero attached hydrogens (tertiary/aromatic N) is 2. The molecule has 164 valence electrons. The van der Waals surface area contributed by atoms with Gasteiger partial charge in [0.05, 0.1) is 6.54 Å². The van der Waals surface area contributed by atoms with Crippen LogP contribution in [0.25, 0.3) is 0 Å². The molecule has 0 atom stereocenters. The van der Waals surface area contributed by atoms with Crippen LogP contribution in [0.15, 0.2) is 45.8 Å². The van der Waals surface area contributed by atoms with Crippen LogP contribution in [0.5, 0.6) is 5.75 Å². The topological polar surface area (TPSA) is 83.2 Å². The number of rotatable bonds is 4. The molecule has 0 bridgehead atoms. The van der Waals surface area contributed by atoms with Gasteiger partial charge in [-0.15, -0.1) is 0 Å². The molecular weight excluding hydrogens is 396 g/mol. The lowest BCUT2D eigenvalue weighted by molar-refractivity contribution is -0.0526. The monoisotopic (exact) mass is 424 g/mol. The Morgan fingerprint density at radius 3 is 2.61 bits per heavy atom. The summed E-state index contributed by atoms with van der Waals surface area (Å²) in [5.41, 5.74) is 2.77. The molecular formula is C24H28N2O5. The Hall–Kier alpha value is -2.80. The highest BCUT2D eigenvalue weighted by Gasteiger charge is 2.47. The lowest BCUT2D eigenvalue weighted by Crippen LogP contribution is -2.52. The molecule has 1 aliphatic carbocycles. The van der Waals surface area contributed by atoms with E-state index in [0.29, 0.717) is 25.4 Å². The number of fused-ring (bicyclic) bond motifs is 1. The first-order chi connectivity index (χ1) is 15.0. The summed E-state index contributed by atoms with van der Waals surface area (Å²) in [5, 5.41) is 9.10. The predicted octanol–water partition coefficient (Wildman–Crippen LogP) is 3.50. The van der Waals surface area contributed by atoms with Gasteiger partial charge in [-0.1, -0.05) is 24.3 Å². The minimum Gasteiger partial charge on any atom is -0.483 e. The zero-order valence-electron chi connectivity index (χ0n) is 17.6. The van der Waals surface area contributed by atoms with Crippen molar-refractivity contribution in [3.8, 4) is 5.75 Å². The minimum absolute atomic E-state index is 0.00345. The Balaban J connectivity index is 1.14. The number of carboxylic acid groups (broad SMARTS) is 1. The molecule has 1 spiro atoms. The highest BCUT2D eigenvalue weighted by atomic mass is 16.5. The van der Waals surface area contributed by atoms with E-state index in [-0.39, 0.29) is 22.7 Å². The molecule has 2 aliphatic heterocycles. The molecule has 0 unspecified atom stereocenters. The van der Waals surface area contributed by atoms with Crippen molar-refractivity contribution in [3.05, 3.63) is 63.7 Å². The van der Waals surface area contributed by atoms with Crippen LogP contribution in [-0.2, 0) is 19.5 Å². The standard InChI is InChI=1S/C24H28N2O5/c27-21-11-19(15-25-8-5-17-3-1-2-4-18(17)14-25)30-16-22(21)31-20-12-24(13-20)6-9-26(10-7-24)23(28)29/h1-4,11,16,20H,5-10,12-15H2,(H,28,29). The molecule has 1 saturated carbocycles. The molecule has 3 heterocycles. The van der Waals surface area contributed by atoms with Crippen molar-refractivity contribution in [1.29, 1.82) is 0 Å². The number of hydrogen-bond acceptors (Lipinski definition) is 5. The van der Waals surface area contributed by atoms with E-state index in [0.717, 1.165) is 45.2 Å². The fraction of sp³-hybridized carbons (Fsp3) is 0.500. The van der Waals surface area contributed by atoms with E-state index in [9.17, 15) is 9.59 Å². The summed E-state index contributed by atoms with van der Waals surface area (Å²) in [7, 11) is 0. The van der Waals surface area contributed by atoms with Gasteiger partial charge in [-0.25, -0.2) is 4.79 Å². The van der Waals surface area contributed by atoms with Crippen molar-refractivity contribution in [1.82, 2.24) is 9.80 Å². The summed E-state index contributed by atoms with van der Waals surface area (Å²) in [4.78, 5) is 27.4. The number of carbonyl (C=O) groups is 1. The van der Waals surface area contributed by atoms with Crippen LogP contribution in [-0.4, -0.2) is 46.7 Å². The first kappa shape index (κ1) is 20.1. The molecule has 7 nitrogen and oxygen atoms in total. The van der Waals surface area contributed by atoms with Crippen LogP contribution >= 0.6 is 0 Å². The second-order valence-electron chi connectivity index (χ2n) is 9.22. The van der Waals surface area contributed by atoms with E-state index in [1.807, 2.05) is 0 Å². The van der Waals surface area contributed by atoms with Crippen molar-refractivity contribution >= 4 is 6.09 Å². The Morgan fingerprint density at radius 1 is 1.16 bits per heavy atom. The van der Waals surface area contributed by atoms with Crippen molar-refractivity contribution in [2.75, 3.05) is 19.6 Å². The third kappa shape index (κ3) is 4.19. The van der Waals surface area contributed by atoms with E-state index < -0.39 is 6.09 Å². The van der Waals surface area contributed by atoms with E-state index in [4.69, 9.17) is 14.3 Å². The lowest BCUT2D eigenvalue weighted by Gasteiger charge is -2.51. The van der Waals surface area contributed by atoms with Gasteiger partial charge >= 0.3 is 6.09 Å². The molecule has 2 fully saturated rings. The van der Waals surface area contributed by atoms with Crippen molar-refractivity contribution in [2.24, 2.45) is 5.41 Å². The molecule has 1 aromatic heterocycles. The van der Waals surface area contributed by atoms with Gasteiger partial charge in [0.25, 0.3) is 0 Å². The van der Waals surface area contributed by atoms with E-state index in [1.165, 1.54) is 22.3 Å². The molecule has 7 heteroatoms. The number of piperidine rings is 1. The van der Waals surface area contributed by atoms with Crippen molar-refractivity contribution < 1.29 is 19.1 Å². The van der Waals surface area contributed by atoms with Crippen LogP contribution < -0.4 is 10.2 Å². The Morgan fingerprint density at radius 2 is 1.90 bits per heavy atom. The highest BCUT2D eigenvalue weighted by Crippen LogP contribution is 2.50. The lowest BCUT2D eigenvalue weighted by atomic mass is 9.61. The zero-order valence-corrected chi connectivity index (χ0v) is 17.6. The van der Waals surface area contributed by atoms with Crippen LogP contribution in [0, 0.1) is 5.41 Å². The van der Waals surface area contributed by atoms with Crippen molar-refractivity contribution in [3.63, 3.8) is 0 Å². The molecule has 3 aliphatic rings. The second kappa shape index (κ2) is 8.04. The van der Waals surface area contributed by atoms with Crippen LogP contribution in [0.3, 0.4) is 0 Å². The summed E-state index contributed by atoms with van der Waals surface area (Å²) in [6.45, 7) is 3.58. The highest BCUT2D eigenvalue weighted by molar-refractivity contribution is 5.65. The molecule has 31 heavy (non-hydrogen) atoms. The van der Waals surface area contributed by atoms with Crippen molar-refractivity contribution in [2.45, 2.75) is 51.3 Å². The van der Waals surface area contributed by atoms with Crippen LogP contribution in [0.1, 0.15) is 42.6 Å². The maximum atomic E-state index is 12.6. The zero-order chi connectivity index (χ0) is 21.4. The average Bonchev–Trinajstić information content (AvgIpc) is 2.74. The van der Waals surface area contributed by atoms with E-state index in [2.05, 4.69) is 29.2 Å². The third-order valence-corrected chi connectivity index (χ3v) is 7.15. The first-order valence-electron chi connectivity index (χ1n) is 11.1. The molecule has 1 amide bonds. The Bertz CT molecular complexity index is 1020. The fourth-order valence-electron chi connectivity index (χ4n) is 5.27. The molecule has 1 N–H and O–H groups in total. The van der Waals surface area contributed by atoms with Gasteiger partial charge in [0.2, 0.25) is 11.2 Å². The van der Waals surface area contributed by atoms with Gasteiger partial charge < -0.3 is 19.2 Å². The van der Waals surface area contributed by atoms with Crippen LogP contribution in [0.2, 0.25) is 0 Å². The van der Waals surface area contributed by atoms with Gasteiger partial charge in [-0.2, -0.15) is 0 Å². The molecule has 2 aromatic rings. The Labute approximate surface area is 181 Å².